The van der Waals surface area contributed by atoms with E-state index in [1.165, 1.54) is 24.9 Å². The zero-order valence-electron chi connectivity index (χ0n) is 8.27. The number of esters is 1. The second-order valence-electron chi connectivity index (χ2n) is 2.58. The summed E-state index contributed by atoms with van der Waals surface area (Å²) >= 11 is 1.30. The SMILES string of the molecule is COC(=O)c1cc(C#N)c(SC)nc1N. The number of nitrogens with zero attached hydrogens (tertiary/aromatic N) is 2. The molecule has 0 saturated carbocycles. The number of hydrogen-bond donors (Lipinski definition) is 1. The molecular weight excluding hydrogens is 214 g/mol. The maximum atomic E-state index is 11.2. The normalized spacial score (nSPS) is 9.40. The lowest BCUT2D eigenvalue weighted by Gasteiger charge is -2.05. The molecule has 78 valence electrons. The van der Waals surface area contributed by atoms with Crippen molar-refractivity contribution in [3.63, 3.8) is 0 Å². The van der Waals surface area contributed by atoms with Crippen LogP contribution in [0.3, 0.4) is 0 Å². The van der Waals surface area contributed by atoms with Crippen LogP contribution in [0.2, 0.25) is 0 Å². The number of ether oxygens (including phenoxy) is 1. The summed E-state index contributed by atoms with van der Waals surface area (Å²) in [5, 5.41) is 9.33. The van der Waals surface area contributed by atoms with Gasteiger partial charge in [0.1, 0.15) is 22.5 Å². The Morgan fingerprint density at radius 1 is 1.73 bits per heavy atom. The standard InChI is InChI=1S/C9H9N3O2S/c1-14-9(13)6-3-5(4-10)8(15-2)12-7(6)11/h3H,1-2H3,(H2,11,12). The lowest BCUT2D eigenvalue weighted by atomic mass is 10.2. The molecule has 0 saturated heterocycles. The number of hydrogen-bond acceptors (Lipinski definition) is 6. The quantitative estimate of drug-likeness (QED) is 0.595. The van der Waals surface area contributed by atoms with E-state index in [9.17, 15) is 4.79 Å². The maximum Gasteiger partial charge on any atom is 0.341 e. The molecule has 1 heterocycles. The zero-order valence-corrected chi connectivity index (χ0v) is 9.09. The van der Waals surface area contributed by atoms with Crippen LogP contribution in [0.1, 0.15) is 15.9 Å². The van der Waals surface area contributed by atoms with Crippen LogP contribution in [0.5, 0.6) is 0 Å². The third kappa shape index (κ3) is 2.19. The van der Waals surface area contributed by atoms with Crippen molar-refractivity contribution in [3.8, 4) is 6.07 Å². The first-order valence-corrected chi connectivity index (χ1v) is 5.19. The summed E-state index contributed by atoms with van der Waals surface area (Å²) in [4.78, 5) is 15.2. The monoisotopic (exact) mass is 223 g/mol. The number of nitrogen functional groups attached to an aromatic ring is 1. The topological polar surface area (TPSA) is 89.0 Å². The molecule has 1 aromatic rings. The van der Waals surface area contributed by atoms with Crippen LogP contribution in [-0.4, -0.2) is 24.3 Å². The minimum absolute atomic E-state index is 0.0743. The van der Waals surface area contributed by atoms with E-state index < -0.39 is 5.97 Å². The Labute approximate surface area is 91.2 Å². The molecule has 1 aromatic heterocycles. The average molecular weight is 223 g/mol. The summed E-state index contributed by atoms with van der Waals surface area (Å²) in [6, 6.07) is 3.34. The van der Waals surface area contributed by atoms with Gasteiger partial charge in [0.25, 0.3) is 0 Å². The number of thioether (sulfide) groups is 1. The van der Waals surface area contributed by atoms with Gasteiger partial charge in [-0.1, -0.05) is 0 Å². The molecule has 0 radical (unpaired) electrons. The van der Waals surface area contributed by atoms with Crippen molar-refractivity contribution < 1.29 is 9.53 Å². The summed E-state index contributed by atoms with van der Waals surface area (Å²) in [5.74, 6) is -0.519. The van der Waals surface area contributed by atoms with E-state index in [1.54, 1.807) is 6.26 Å². The van der Waals surface area contributed by atoms with Gasteiger partial charge >= 0.3 is 5.97 Å². The molecule has 15 heavy (non-hydrogen) atoms. The minimum atomic E-state index is -0.593. The van der Waals surface area contributed by atoms with Gasteiger partial charge in [0.05, 0.1) is 12.7 Å². The van der Waals surface area contributed by atoms with Crippen LogP contribution in [0, 0.1) is 11.3 Å². The van der Waals surface area contributed by atoms with Crippen LogP contribution >= 0.6 is 11.8 Å². The van der Waals surface area contributed by atoms with Gasteiger partial charge in [-0.2, -0.15) is 5.26 Å². The Bertz CT molecular complexity index is 440. The first kappa shape index (κ1) is 11.3. The van der Waals surface area contributed by atoms with E-state index >= 15 is 0 Å². The zero-order chi connectivity index (χ0) is 11.4. The van der Waals surface area contributed by atoms with E-state index in [4.69, 9.17) is 11.0 Å². The summed E-state index contributed by atoms with van der Waals surface area (Å²) in [5.41, 5.74) is 6.00. The molecule has 5 nitrogen and oxygen atoms in total. The number of anilines is 1. The third-order valence-electron chi connectivity index (χ3n) is 1.74. The van der Waals surface area contributed by atoms with E-state index in [1.807, 2.05) is 6.07 Å². The fraction of sp³-hybridized carbons (Fsp3) is 0.222. The van der Waals surface area contributed by atoms with E-state index in [-0.39, 0.29) is 11.4 Å². The van der Waals surface area contributed by atoms with Crippen molar-refractivity contribution in [2.75, 3.05) is 19.1 Å². The summed E-state index contributed by atoms with van der Waals surface area (Å²) in [7, 11) is 1.25. The highest BCUT2D eigenvalue weighted by Gasteiger charge is 2.15. The summed E-state index contributed by atoms with van der Waals surface area (Å²) in [6.45, 7) is 0. The van der Waals surface area contributed by atoms with Crippen LogP contribution < -0.4 is 5.73 Å². The fourth-order valence-corrected chi connectivity index (χ4v) is 1.53. The Hall–Kier alpha value is -1.74. The molecule has 2 N–H and O–H groups in total. The van der Waals surface area contributed by atoms with Gasteiger partial charge in [-0.3, -0.25) is 0 Å². The van der Waals surface area contributed by atoms with Gasteiger partial charge in [-0.05, 0) is 12.3 Å². The van der Waals surface area contributed by atoms with Crippen molar-refractivity contribution in [2.45, 2.75) is 5.03 Å². The molecule has 0 spiro atoms. The smallest absolute Gasteiger partial charge is 0.341 e. The lowest BCUT2D eigenvalue weighted by Crippen LogP contribution is -2.08. The van der Waals surface area contributed by atoms with Gasteiger partial charge in [-0.25, -0.2) is 9.78 Å². The molecule has 0 aromatic carbocycles. The molecule has 0 fully saturated rings. The lowest BCUT2D eigenvalue weighted by molar-refractivity contribution is 0.0601. The first-order chi connectivity index (χ1) is 7.13. The van der Waals surface area contributed by atoms with Gasteiger partial charge in [0, 0.05) is 0 Å². The predicted molar refractivity (Wildman–Crippen MR) is 56.5 cm³/mol. The number of carbonyl (C=O) groups excluding carboxylic acids is 1. The van der Waals surface area contributed by atoms with Crippen LogP contribution in [-0.2, 0) is 4.74 Å². The van der Waals surface area contributed by atoms with E-state index in [0.717, 1.165) is 0 Å². The molecule has 0 aliphatic rings. The number of carbonyl (C=O) groups is 1. The van der Waals surface area contributed by atoms with Crippen LogP contribution in [0.4, 0.5) is 5.82 Å². The third-order valence-corrected chi connectivity index (χ3v) is 2.43. The predicted octanol–water partition coefficient (Wildman–Crippen LogP) is 1.04. The number of pyridine rings is 1. The van der Waals surface area contributed by atoms with Crippen molar-refractivity contribution >= 4 is 23.5 Å². The van der Waals surface area contributed by atoms with Gasteiger partial charge in [0.15, 0.2) is 0 Å². The number of methoxy groups -OCH3 is 1. The Kier molecular flexibility index (Phi) is 3.52. The Morgan fingerprint density at radius 3 is 2.87 bits per heavy atom. The van der Waals surface area contributed by atoms with Gasteiger partial charge in [0.2, 0.25) is 0 Å². The molecule has 0 bridgehead atoms. The van der Waals surface area contributed by atoms with Gasteiger partial charge in [-0.15, -0.1) is 11.8 Å². The molecule has 0 aliphatic carbocycles. The molecule has 6 heteroatoms. The Morgan fingerprint density at radius 2 is 2.40 bits per heavy atom. The molecule has 0 atom stereocenters. The van der Waals surface area contributed by atoms with Crippen molar-refractivity contribution in [1.29, 1.82) is 5.26 Å². The van der Waals surface area contributed by atoms with E-state index in [0.29, 0.717) is 10.6 Å². The fourth-order valence-electron chi connectivity index (χ4n) is 1.02. The number of rotatable bonds is 2. The average Bonchev–Trinajstić information content (AvgIpc) is 2.27. The number of nitriles is 1. The minimum Gasteiger partial charge on any atom is -0.465 e. The highest BCUT2D eigenvalue weighted by atomic mass is 32.2. The van der Waals surface area contributed by atoms with Crippen molar-refractivity contribution in [2.24, 2.45) is 0 Å². The van der Waals surface area contributed by atoms with E-state index in [2.05, 4.69) is 9.72 Å². The second kappa shape index (κ2) is 4.66. The van der Waals surface area contributed by atoms with Crippen LogP contribution in [0.15, 0.2) is 11.1 Å². The molecule has 0 amide bonds. The molecule has 1 rings (SSSR count). The van der Waals surface area contributed by atoms with Crippen molar-refractivity contribution in [3.05, 3.63) is 17.2 Å². The second-order valence-corrected chi connectivity index (χ2v) is 3.38. The van der Waals surface area contributed by atoms with Crippen molar-refractivity contribution in [1.82, 2.24) is 4.98 Å². The number of nitrogens with two attached hydrogens (primary N) is 1. The highest BCUT2D eigenvalue weighted by Crippen LogP contribution is 2.22. The summed E-state index contributed by atoms with van der Waals surface area (Å²) in [6.07, 6.45) is 1.78. The molecule has 0 aliphatic heterocycles. The maximum absolute atomic E-state index is 11.2. The first-order valence-electron chi connectivity index (χ1n) is 3.97. The Balaban J connectivity index is 3.33. The summed E-state index contributed by atoms with van der Waals surface area (Å²) < 4.78 is 4.51. The van der Waals surface area contributed by atoms with Crippen LogP contribution in [0.25, 0.3) is 0 Å². The largest absolute Gasteiger partial charge is 0.465 e. The molecule has 0 unspecified atom stereocenters. The molecular formula is C9H9N3O2S. The van der Waals surface area contributed by atoms with Gasteiger partial charge < -0.3 is 10.5 Å². The number of aromatic nitrogens is 1. The highest BCUT2D eigenvalue weighted by molar-refractivity contribution is 7.98.